The fraction of sp³-hybridized carbons (Fsp3) is 0.417. The van der Waals surface area contributed by atoms with Gasteiger partial charge in [0.05, 0.1) is 11.9 Å². The number of amides is 2. The number of anilines is 1. The Labute approximate surface area is 215 Å². The van der Waals surface area contributed by atoms with Crippen molar-refractivity contribution in [3.05, 3.63) is 63.9 Å². The van der Waals surface area contributed by atoms with E-state index in [2.05, 4.69) is 5.32 Å². The van der Waals surface area contributed by atoms with Crippen LogP contribution in [0.4, 0.5) is 10.1 Å². The quantitative estimate of drug-likeness (QED) is 0.508. The van der Waals surface area contributed by atoms with Crippen LogP contribution in [0.15, 0.2) is 42.5 Å². The molecule has 1 fully saturated rings. The Hall–Kier alpha value is -2.36. The van der Waals surface area contributed by atoms with Crippen LogP contribution in [0.1, 0.15) is 38.2 Å². The van der Waals surface area contributed by atoms with Crippen molar-refractivity contribution in [1.82, 2.24) is 10.2 Å². The van der Waals surface area contributed by atoms with E-state index in [1.165, 1.54) is 29.2 Å². The fourth-order valence-corrected chi connectivity index (χ4v) is 5.38. The molecular formula is C24H28Cl2FN3O4S. The van der Waals surface area contributed by atoms with Gasteiger partial charge in [-0.1, -0.05) is 54.2 Å². The van der Waals surface area contributed by atoms with Crippen molar-refractivity contribution in [3.63, 3.8) is 0 Å². The molecule has 0 bridgehead atoms. The first kappa shape index (κ1) is 27.2. The van der Waals surface area contributed by atoms with Gasteiger partial charge in [-0.25, -0.2) is 12.8 Å². The van der Waals surface area contributed by atoms with Gasteiger partial charge in [-0.05, 0) is 49.6 Å². The molecule has 1 aliphatic rings. The van der Waals surface area contributed by atoms with Crippen LogP contribution in [-0.4, -0.2) is 50.0 Å². The molecule has 0 aromatic heterocycles. The van der Waals surface area contributed by atoms with Crippen molar-refractivity contribution in [3.8, 4) is 0 Å². The lowest BCUT2D eigenvalue weighted by atomic mass is 10.1. The minimum atomic E-state index is -4.02. The van der Waals surface area contributed by atoms with Gasteiger partial charge in [0.1, 0.15) is 18.4 Å². The van der Waals surface area contributed by atoms with Crippen LogP contribution >= 0.6 is 23.2 Å². The average molecular weight is 544 g/mol. The Morgan fingerprint density at radius 3 is 2.40 bits per heavy atom. The summed E-state index contributed by atoms with van der Waals surface area (Å²) in [6, 6.07) is 9.15. The SMILES string of the molecule is CC(C(=O)NC1CCCC1)N(Cc1ccc(Cl)cc1Cl)C(=O)CN(c1ccccc1F)S(C)(=O)=O. The number of para-hydroxylation sites is 1. The lowest BCUT2D eigenvalue weighted by molar-refractivity contribution is -0.139. The zero-order valence-corrected chi connectivity index (χ0v) is 21.8. The zero-order valence-electron chi connectivity index (χ0n) is 19.5. The molecule has 2 amide bonds. The molecule has 0 saturated heterocycles. The molecule has 3 rings (SSSR count). The number of hydrogen-bond donors (Lipinski definition) is 1. The van der Waals surface area contributed by atoms with E-state index < -0.39 is 34.3 Å². The molecule has 190 valence electrons. The molecule has 1 atom stereocenters. The topological polar surface area (TPSA) is 86.8 Å². The second kappa shape index (κ2) is 11.6. The second-order valence-corrected chi connectivity index (χ2v) is 11.4. The van der Waals surface area contributed by atoms with Gasteiger partial charge in [-0.3, -0.25) is 13.9 Å². The first-order valence-corrected chi connectivity index (χ1v) is 13.8. The molecule has 0 aliphatic heterocycles. The van der Waals surface area contributed by atoms with Crippen molar-refractivity contribution in [2.24, 2.45) is 0 Å². The highest BCUT2D eigenvalue weighted by molar-refractivity contribution is 7.92. The van der Waals surface area contributed by atoms with Gasteiger partial charge in [0.25, 0.3) is 0 Å². The van der Waals surface area contributed by atoms with E-state index in [9.17, 15) is 22.4 Å². The first-order chi connectivity index (χ1) is 16.5. The van der Waals surface area contributed by atoms with Gasteiger partial charge >= 0.3 is 0 Å². The van der Waals surface area contributed by atoms with E-state index in [1.807, 2.05) is 0 Å². The largest absolute Gasteiger partial charge is 0.352 e. The fourth-order valence-electron chi connectivity index (χ4n) is 4.06. The third kappa shape index (κ3) is 7.08. The van der Waals surface area contributed by atoms with E-state index in [4.69, 9.17) is 23.2 Å². The molecule has 0 radical (unpaired) electrons. The Kier molecular flexibility index (Phi) is 9.01. The van der Waals surface area contributed by atoms with Crippen LogP contribution in [0.2, 0.25) is 10.0 Å². The van der Waals surface area contributed by atoms with E-state index in [1.54, 1.807) is 19.1 Å². The van der Waals surface area contributed by atoms with Crippen LogP contribution in [0.5, 0.6) is 0 Å². The number of carbonyl (C=O) groups excluding carboxylic acids is 2. The van der Waals surface area contributed by atoms with E-state index >= 15 is 0 Å². The van der Waals surface area contributed by atoms with Gasteiger partial charge in [0.15, 0.2) is 0 Å². The van der Waals surface area contributed by atoms with Crippen molar-refractivity contribution in [1.29, 1.82) is 0 Å². The average Bonchev–Trinajstić information content (AvgIpc) is 3.29. The minimum Gasteiger partial charge on any atom is -0.352 e. The van der Waals surface area contributed by atoms with Gasteiger partial charge in [0.2, 0.25) is 21.8 Å². The number of sulfonamides is 1. The molecule has 0 heterocycles. The summed E-state index contributed by atoms with van der Waals surface area (Å²) < 4.78 is 40.1. The Morgan fingerprint density at radius 2 is 1.80 bits per heavy atom. The number of nitrogens with zero attached hydrogens (tertiary/aromatic N) is 2. The first-order valence-electron chi connectivity index (χ1n) is 11.2. The van der Waals surface area contributed by atoms with Crippen LogP contribution in [0.25, 0.3) is 0 Å². The summed E-state index contributed by atoms with van der Waals surface area (Å²) in [6.45, 7) is 0.814. The minimum absolute atomic E-state index is 0.0342. The number of rotatable bonds is 9. The highest BCUT2D eigenvalue weighted by atomic mass is 35.5. The summed E-state index contributed by atoms with van der Waals surface area (Å²) in [5, 5.41) is 3.68. The molecule has 0 spiro atoms. The Bertz CT molecular complexity index is 1190. The van der Waals surface area contributed by atoms with Crippen LogP contribution in [-0.2, 0) is 26.2 Å². The van der Waals surface area contributed by atoms with Crippen LogP contribution in [0.3, 0.4) is 0 Å². The maximum atomic E-state index is 14.4. The molecule has 1 saturated carbocycles. The molecule has 1 N–H and O–H groups in total. The van der Waals surface area contributed by atoms with Crippen molar-refractivity contribution < 1.29 is 22.4 Å². The number of nitrogens with one attached hydrogen (secondary N) is 1. The van der Waals surface area contributed by atoms with Gasteiger partial charge in [-0.15, -0.1) is 0 Å². The summed E-state index contributed by atoms with van der Waals surface area (Å²) in [6.07, 6.45) is 4.67. The van der Waals surface area contributed by atoms with Gasteiger partial charge in [-0.2, -0.15) is 0 Å². The molecule has 11 heteroatoms. The third-order valence-electron chi connectivity index (χ3n) is 6.02. The highest BCUT2D eigenvalue weighted by Gasteiger charge is 2.32. The van der Waals surface area contributed by atoms with E-state index in [0.29, 0.717) is 19.9 Å². The standard InChI is InChI=1S/C24H28Cl2FN3O4S/c1-16(24(32)28-19-7-3-4-8-19)29(14-17-11-12-18(25)13-20(17)26)23(31)15-30(35(2,33)34)22-10-6-5-9-21(22)27/h5-6,9-13,16,19H,3-4,7-8,14-15H2,1-2H3,(H,28,32). The van der Waals surface area contributed by atoms with Crippen molar-refractivity contribution in [2.75, 3.05) is 17.1 Å². The summed E-state index contributed by atoms with van der Waals surface area (Å²) in [5.41, 5.74) is 0.276. The monoisotopic (exact) mass is 543 g/mol. The number of benzene rings is 2. The number of hydrogen-bond acceptors (Lipinski definition) is 4. The lowest BCUT2D eigenvalue weighted by Gasteiger charge is -2.32. The van der Waals surface area contributed by atoms with Crippen LogP contribution in [0, 0.1) is 5.82 Å². The molecule has 2 aromatic rings. The van der Waals surface area contributed by atoms with Crippen LogP contribution < -0.4 is 9.62 Å². The van der Waals surface area contributed by atoms with E-state index in [-0.39, 0.29) is 24.2 Å². The van der Waals surface area contributed by atoms with Crippen molar-refractivity contribution >= 4 is 50.7 Å². The van der Waals surface area contributed by atoms with Crippen molar-refractivity contribution in [2.45, 2.75) is 51.2 Å². The molecule has 1 aliphatic carbocycles. The zero-order chi connectivity index (χ0) is 25.8. The molecule has 2 aromatic carbocycles. The maximum absolute atomic E-state index is 14.4. The number of carbonyl (C=O) groups is 2. The second-order valence-electron chi connectivity index (χ2n) is 8.64. The summed E-state index contributed by atoms with van der Waals surface area (Å²) >= 11 is 12.3. The molecule has 7 nitrogen and oxygen atoms in total. The lowest BCUT2D eigenvalue weighted by Crippen LogP contribution is -2.52. The van der Waals surface area contributed by atoms with E-state index in [0.717, 1.165) is 38.0 Å². The normalized spacial score (nSPS) is 15.0. The summed E-state index contributed by atoms with van der Waals surface area (Å²) in [5.74, 6) is -1.82. The molecular weight excluding hydrogens is 516 g/mol. The van der Waals surface area contributed by atoms with Gasteiger partial charge in [0, 0.05) is 22.6 Å². The number of halogens is 3. The van der Waals surface area contributed by atoms with Gasteiger partial charge < -0.3 is 10.2 Å². The third-order valence-corrected chi connectivity index (χ3v) is 7.74. The smallest absolute Gasteiger partial charge is 0.244 e. The Morgan fingerprint density at radius 1 is 1.14 bits per heavy atom. The predicted molar refractivity (Wildman–Crippen MR) is 135 cm³/mol. The summed E-state index contributed by atoms with van der Waals surface area (Å²) in [4.78, 5) is 27.8. The molecule has 1 unspecified atom stereocenters. The predicted octanol–water partition coefficient (Wildman–Crippen LogP) is 4.37. The highest BCUT2D eigenvalue weighted by Crippen LogP contribution is 2.25. The summed E-state index contributed by atoms with van der Waals surface area (Å²) in [7, 11) is -4.02. The maximum Gasteiger partial charge on any atom is 0.244 e. The molecule has 35 heavy (non-hydrogen) atoms. The Balaban J connectivity index is 1.91.